The summed E-state index contributed by atoms with van der Waals surface area (Å²) in [7, 11) is 1.84. The molecule has 0 aliphatic heterocycles. The topological polar surface area (TPSA) is 59.0 Å². The van der Waals surface area contributed by atoms with Crippen LogP contribution in [0, 0.1) is 11.7 Å². The van der Waals surface area contributed by atoms with E-state index in [-0.39, 0.29) is 11.8 Å². The van der Waals surface area contributed by atoms with Gasteiger partial charge in [0, 0.05) is 26.0 Å². The zero-order valence-corrected chi connectivity index (χ0v) is 13.0. The molecular formula is C16H21FN4O. The van der Waals surface area contributed by atoms with Crippen molar-refractivity contribution in [3.8, 4) is 0 Å². The van der Waals surface area contributed by atoms with Gasteiger partial charge >= 0.3 is 6.03 Å². The lowest BCUT2D eigenvalue weighted by atomic mass is 10.1. The van der Waals surface area contributed by atoms with E-state index in [1.165, 1.54) is 12.1 Å². The van der Waals surface area contributed by atoms with Crippen LogP contribution in [0.4, 0.5) is 9.18 Å². The van der Waals surface area contributed by atoms with Gasteiger partial charge in [-0.2, -0.15) is 0 Å². The van der Waals surface area contributed by atoms with E-state index in [0.717, 1.165) is 0 Å². The van der Waals surface area contributed by atoms with Gasteiger partial charge in [-0.1, -0.05) is 26.0 Å². The molecule has 0 aliphatic rings. The Balaban J connectivity index is 2.23. The maximum Gasteiger partial charge on any atom is 0.315 e. The van der Waals surface area contributed by atoms with E-state index in [1.54, 1.807) is 29.1 Å². The van der Waals surface area contributed by atoms with Crippen molar-refractivity contribution in [2.24, 2.45) is 13.0 Å². The van der Waals surface area contributed by atoms with Crippen LogP contribution in [0.5, 0.6) is 0 Å². The zero-order chi connectivity index (χ0) is 16.1. The summed E-state index contributed by atoms with van der Waals surface area (Å²) in [6.07, 6.45) is 3.44. The Bertz CT molecular complexity index is 639. The SMILES string of the molecule is CC(C)CNC(=O)N[C@H](c1cccc(F)c1)c1nccn1C. The van der Waals surface area contributed by atoms with E-state index in [1.807, 2.05) is 20.9 Å². The van der Waals surface area contributed by atoms with Gasteiger partial charge in [0.05, 0.1) is 0 Å². The zero-order valence-electron chi connectivity index (χ0n) is 13.0. The molecule has 2 amide bonds. The summed E-state index contributed by atoms with van der Waals surface area (Å²) in [5, 5.41) is 5.66. The molecule has 0 saturated heterocycles. The van der Waals surface area contributed by atoms with Crippen molar-refractivity contribution in [1.82, 2.24) is 20.2 Å². The van der Waals surface area contributed by atoms with Crippen molar-refractivity contribution in [2.45, 2.75) is 19.9 Å². The van der Waals surface area contributed by atoms with Crippen LogP contribution in [0.15, 0.2) is 36.7 Å². The average Bonchev–Trinajstić information content (AvgIpc) is 2.88. The van der Waals surface area contributed by atoms with E-state index in [4.69, 9.17) is 0 Å². The molecule has 2 N–H and O–H groups in total. The van der Waals surface area contributed by atoms with E-state index >= 15 is 0 Å². The molecule has 22 heavy (non-hydrogen) atoms. The smallest absolute Gasteiger partial charge is 0.315 e. The third-order valence-electron chi connectivity index (χ3n) is 3.24. The second kappa shape index (κ2) is 7.06. The fourth-order valence-corrected chi connectivity index (χ4v) is 2.12. The number of carbonyl (C=O) groups excluding carboxylic acids is 1. The molecule has 0 radical (unpaired) electrons. The molecule has 5 nitrogen and oxygen atoms in total. The van der Waals surface area contributed by atoms with Crippen LogP contribution in [0.1, 0.15) is 31.3 Å². The van der Waals surface area contributed by atoms with Gasteiger partial charge in [0.25, 0.3) is 0 Å². The van der Waals surface area contributed by atoms with Crippen LogP contribution in [0.25, 0.3) is 0 Å². The Hall–Kier alpha value is -2.37. The van der Waals surface area contributed by atoms with Crippen LogP contribution >= 0.6 is 0 Å². The molecule has 0 bridgehead atoms. The van der Waals surface area contributed by atoms with E-state index in [9.17, 15) is 9.18 Å². The molecule has 1 aromatic heterocycles. The third-order valence-corrected chi connectivity index (χ3v) is 3.24. The number of nitrogens with one attached hydrogen (secondary N) is 2. The van der Waals surface area contributed by atoms with Crippen LogP contribution in [-0.4, -0.2) is 22.1 Å². The highest BCUT2D eigenvalue weighted by atomic mass is 19.1. The number of imidazole rings is 1. The number of carbonyl (C=O) groups is 1. The molecular weight excluding hydrogens is 283 g/mol. The third kappa shape index (κ3) is 4.07. The van der Waals surface area contributed by atoms with Crippen LogP contribution in [0.3, 0.4) is 0 Å². The van der Waals surface area contributed by atoms with Crippen LogP contribution < -0.4 is 10.6 Å². The summed E-state index contributed by atoms with van der Waals surface area (Å²) in [6, 6.07) is 5.35. The lowest BCUT2D eigenvalue weighted by molar-refractivity contribution is 0.237. The lowest BCUT2D eigenvalue weighted by Gasteiger charge is -2.20. The Morgan fingerprint density at radius 3 is 2.77 bits per heavy atom. The number of urea groups is 1. The normalized spacial score (nSPS) is 12.2. The van der Waals surface area contributed by atoms with Gasteiger partial charge in [-0.25, -0.2) is 14.2 Å². The van der Waals surface area contributed by atoms with Crippen molar-refractivity contribution in [1.29, 1.82) is 0 Å². The standard InChI is InChI=1S/C16H21FN4O/c1-11(2)10-19-16(22)20-14(15-18-7-8-21(15)3)12-5-4-6-13(17)9-12/h4-9,11,14H,10H2,1-3H3,(H2,19,20,22)/t14-/m1/s1. The minimum atomic E-state index is -0.511. The number of aromatic nitrogens is 2. The van der Waals surface area contributed by atoms with Gasteiger partial charge in [-0.05, 0) is 23.6 Å². The summed E-state index contributed by atoms with van der Waals surface area (Å²) < 4.78 is 15.3. The number of amides is 2. The number of nitrogens with zero attached hydrogens (tertiary/aromatic N) is 2. The summed E-state index contributed by atoms with van der Waals surface area (Å²) >= 11 is 0. The maximum atomic E-state index is 13.5. The molecule has 0 spiro atoms. The summed E-state index contributed by atoms with van der Waals surface area (Å²) in [6.45, 7) is 4.61. The van der Waals surface area contributed by atoms with Gasteiger partial charge in [0.15, 0.2) is 0 Å². The number of benzene rings is 1. The Labute approximate surface area is 129 Å². The van der Waals surface area contributed by atoms with Crippen molar-refractivity contribution in [2.75, 3.05) is 6.54 Å². The molecule has 1 atom stereocenters. The molecule has 6 heteroatoms. The molecule has 0 fully saturated rings. The number of hydrogen-bond acceptors (Lipinski definition) is 2. The van der Waals surface area contributed by atoms with Crippen LogP contribution in [0.2, 0.25) is 0 Å². The highest BCUT2D eigenvalue weighted by Gasteiger charge is 2.21. The maximum absolute atomic E-state index is 13.5. The number of aryl methyl sites for hydroxylation is 1. The first-order valence-electron chi connectivity index (χ1n) is 7.24. The first-order valence-corrected chi connectivity index (χ1v) is 7.24. The lowest BCUT2D eigenvalue weighted by Crippen LogP contribution is -2.40. The van der Waals surface area contributed by atoms with Crippen molar-refractivity contribution in [3.63, 3.8) is 0 Å². The molecule has 0 unspecified atom stereocenters. The van der Waals surface area contributed by atoms with Gasteiger partial charge < -0.3 is 15.2 Å². The quantitative estimate of drug-likeness (QED) is 0.892. The molecule has 2 aromatic rings. The summed E-state index contributed by atoms with van der Waals surface area (Å²) in [4.78, 5) is 16.3. The Morgan fingerprint density at radius 2 is 2.18 bits per heavy atom. The minimum Gasteiger partial charge on any atom is -0.338 e. The average molecular weight is 304 g/mol. The second-order valence-electron chi connectivity index (χ2n) is 5.63. The van der Waals surface area contributed by atoms with E-state index in [2.05, 4.69) is 15.6 Å². The van der Waals surface area contributed by atoms with Gasteiger partial charge in [-0.3, -0.25) is 0 Å². The monoisotopic (exact) mass is 304 g/mol. The minimum absolute atomic E-state index is 0.300. The van der Waals surface area contributed by atoms with Gasteiger partial charge in [-0.15, -0.1) is 0 Å². The van der Waals surface area contributed by atoms with Crippen molar-refractivity contribution >= 4 is 6.03 Å². The Morgan fingerprint density at radius 1 is 1.41 bits per heavy atom. The van der Waals surface area contributed by atoms with Crippen molar-refractivity contribution in [3.05, 3.63) is 53.9 Å². The number of halogens is 1. The first kappa shape index (κ1) is 16.0. The predicted molar refractivity (Wildman–Crippen MR) is 82.8 cm³/mol. The number of rotatable bonds is 5. The highest BCUT2D eigenvalue weighted by Crippen LogP contribution is 2.21. The van der Waals surface area contributed by atoms with Crippen molar-refractivity contribution < 1.29 is 9.18 Å². The fraction of sp³-hybridized carbons (Fsp3) is 0.375. The van der Waals surface area contributed by atoms with Gasteiger partial charge in [0.1, 0.15) is 17.7 Å². The molecule has 1 heterocycles. The number of hydrogen-bond donors (Lipinski definition) is 2. The molecule has 0 saturated carbocycles. The fourth-order valence-electron chi connectivity index (χ4n) is 2.12. The first-order chi connectivity index (χ1) is 10.5. The highest BCUT2D eigenvalue weighted by molar-refractivity contribution is 5.74. The molecule has 2 rings (SSSR count). The molecule has 1 aromatic carbocycles. The largest absolute Gasteiger partial charge is 0.338 e. The second-order valence-corrected chi connectivity index (χ2v) is 5.63. The van der Waals surface area contributed by atoms with Crippen LogP contribution in [-0.2, 0) is 7.05 Å². The summed E-state index contributed by atoms with van der Waals surface area (Å²) in [5.74, 6) is 0.651. The predicted octanol–water partition coefficient (Wildman–Crippen LogP) is 2.60. The Kier molecular flexibility index (Phi) is 5.14. The van der Waals surface area contributed by atoms with E-state index in [0.29, 0.717) is 23.9 Å². The van der Waals surface area contributed by atoms with E-state index < -0.39 is 6.04 Å². The molecule has 118 valence electrons. The molecule has 0 aliphatic carbocycles. The summed E-state index contributed by atoms with van der Waals surface area (Å²) in [5.41, 5.74) is 0.647. The van der Waals surface area contributed by atoms with Gasteiger partial charge in [0.2, 0.25) is 0 Å².